The lowest BCUT2D eigenvalue weighted by molar-refractivity contribution is -0.117. The lowest BCUT2D eigenvalue weighted by Crippen LogP contribution is -2.35. The highest BCUT2D eigenvalue weighted by Crippen LogP contribution is 2.27. The van der Waals surface area contributed by atoms with E-state index in [-0.39, 0.29) is 11.3 Å². The fraction of sp³-hybridized carbons (Fsp3) is 0.800. The molecule has 0 aliphatic heterocycles. The van der Waals surface area contributed by atoms with E-state index >= 15 is 0 Å². The van der Waals surface area contributed by atoms with E-state index in [1.807, 2.05) is 0 Å². The third kappa shape index (κ3) is 7.19. The Morgan fingerprint density at radius 2 is 1.88 bits per heavy atom. The SMILES string of the molecule is C=C(C)C(=O)NCC(C)(CC)CCCCCC. The van der Waals surface area contributed by atoms with Crippen LogP contribution in [-0.4, -0.2) is 12.5 Å². The Morgan fingerprint density at radius 3 is 2.35 bits per heavy atom. The molecule has 17 heavy (non-hydrogen) atoms. The van der Waals surface area contributed by atoms with Crippen LogP contribution in [0.25, 0.3) is 0 Å². The van der Waals surface area contributed by atoms with E-state index in [0.717, 1.165) is 13.0 Å². The van der Waals surface area contributed by atoms with Gasteiger partial charge in [0, 0.05) is 12.1 Å². The average molecular weight is 239 g/mol. The highest BCUT2D eigenvalue weighted by Gasteiger charge is 2.22. The zero-order valence-corrected chi connectivity index (χ0v) is 12.1. The topological polar surface area (TPSA) is 29.1 Å². The summed E-state index contributed by atoms with van der Waals surface area (Å²) in [6.45, 7) is 12.9. The number of carbonyl (C=O) groups excluding carboxylic acids is 1. The molecule has 1 N–H and O–H groups in total. The number of rotatable bonds is 9. The molecule has 0 fully saturated rings. The zero-order valence-electron chi connectivity index (χ0n) is 12.1. The van der Waals surface area contributed by atoms with Crippen molar-refractivity contribution in [3.8, 4) is 0 Å². The van der Waals surface area contributed by atoms with E-state index in [2.05, 4.69) is 32.7 Å². The molecule has 2 heteroatoms. The third-order valence-electron chi connectivity index (χ3n) is 3.55. The molecule has 100 valence electrons. The van der Waals surface area contributed by atoms with Gasteiger partial charge in [-0.2, -0.15) is 0 Å². The van der Waals surface area contributed by atoms with Gasteiger partial charge in [-0.15, -0.1) is 0 Å². The summed E-state index contributed by atoms with van der Waals surface area (Å²) in [5.41, 5.74) is 0.827. The van der Waals surface area contributed by atoms with Gasteiger partial charge in [0.15, 0.2) is 0 Å². The van der Waals surface area contributed by atoms with Crippen molar-refractivity contribution in [2.45, 2.75) is 66.2 Å². The number of nitrogens with one attached hydrogen (secondary N) is 1. The second kappa shape index (κ2) is 8.32. The van der Waals surface area contributed by atoms with Gasteiger partial charge in [0.2, 0.25) is 5.91 Å². The highest BCUT2D eigenvalue weighted by molar-refractivity contribution is 5.92. The Kier molecular flexibility index (Phi) is 7.94. The number of hydrogen-bond acceptors (Lipinski definition) is 1. The fourth-order valence-corrected chi connectivity index (χ4v) is 1.81. The first-order valence-electron chi connectivity index (χ1n) is 6.89. The molecule has 1 atom stereocenters. The first-order chi connectivity index (χ1) is 7.95. The normalized spacial score (nSPS) is 14.1. The minimum atomic E-state index is -0.0155. The van der Waals surface area contributed by atoms with Crippen molar-refractivity contribution < 1.29 is 4.79 Å². The van der Waals surface area contributed by atoms with Crippen LogP contribution in [0.15, 0.2) is 12.2 Å². The molecule has 0 saturated carbocycles. The van der Waals surface area contributed by atoms with Crippen LogP contribution in [0.3, 0.4) is 0 Å². The summed E-state index contributed by atoms with van der Waals surface area (Å²) in [7, 11) is 0. The molecule has 0 bridgehead atoms. The second-order valence-electron chi connectivity index (χ2n) is 5.44. The molecule has 1 unspecified atom stereocenters. The van der Waals surface area contributed by atoms with Crippen LogP contribution in [0.1, 0.15) is 66.2 Å². The molecule has 0 spiro atoms. The molecule has 0 aromatic carbocycles. The lowest BCUT2D eigenvalue weighted by Gasteiger charge is -2.28. The summed E-state index contributed by atoms with van der Waals surface area (Å²) in [5, 5.41) is 2.98. The molecular weight excluding hydrogens is 210 g/mol. The maximum absolute atomic E-state index is 11.5. The molecule has 2 nitrogen and oxygen atoms in total. The first-order valence-corrected chi connectivity index (χ1v) is 6.89. The van der Waals surface area contributed by atoms with Gasteiger partial charge in [-0.3, -0.25) is 4.79 Å². The molecular formula is C15H29NO. The standard InChI is InChI=1S/C15H29NO/c1-6-8-9-10-11-15(5,7-2)12-16-14(17)13(3)4/h3,6-12H2,1-2,4-5H3,(H,16,17). The van der Waals surface area contributed by atoms with Crippen molar-refractivity contribution in [3.05, 3.63) is 12.2 Å². The molecule has 0 aliphatic rings. The van der Waals surface area contributed by atoms with Gasteiger partial charge in [-0.1, -0.05) is 53.0 Å². The van der Waals surface area contributed by atoms with Crippen LogP contribution < -0.4 is 5.32 Å². The number of carbonyl (C=O) groups is 1. The van der Waals surface area contributed by atoms with E-state index < -0.39 is 0 Å². The van der Waals surface area contributed by atoms with Gasteiger partial charge >= 0.3 is 0 Å². The molecule has 0 aromatic rings. The summed E-state index contributed by atoms with van der Waals surface area (Å²) >= 11 is 0. The Bertz CT molecular complexity index is 247. The predicted molar refractivity (Wildman–Crippen MR) is 75.0 cm³/mol. The summed E-state index contributed by atoms with van der Waals surface area (Å²) in [5.74, 6) is -0.0155. The monoisotopic (exact) mass is 239 g/mol. The quantitative estimate of drug-likeness (QED) is 0.477. The fourth-order valence-electron chi connectivity index (χ4n) is 1.81. The molecule has 0 radical (unpaired) electrons. The van der Waals surface area contributed by atoms with Gasteiger partial charge in [-0.05, 0) is 25.2 Å². The van der Waals surface area contributed by atoms with Gasteiger partial charge in [0.1, 0.15) is 0 Å². The van der Waals surface area contributed by atoms with E-state index in [9.17, 15) is 4.79 Å². The summed E-state index contributed by atoms with van der Waals surface area (Å²) in [6, 6.07) is 0. The van der Waals surface area contributed by atoms with Crippen molar-refractivity contribution in [1.82, 2.24) is 5.32 Å². The number of hydrogen-bond donors (Lipinski definition) is 1. The lowest BCUT2D eigenvalue weighted by atomic mass is 9.82. The van der Waals surface area contributed by atoms with Crippen LogP contribution in [0, 0.1) is 5.41 Å². The molecule has 1 amide bonds. The third-order valence-corrected chi connectivity index (χ3v) is 3.55. The summed E-state index contributed by atoms with van der Waals surface area (Å²) < 4.78 is 0. The molecule has 0 rings (SSSR count). The van der Waals surface area contributed by atoms with E-state index in [1.165, 1.54) is 32.1 Å². The Labute approximate surface area is 107 Å². The van der Waals surface area contributed by atoms with E-state index in [1.54, 1.807) is 6.92 Å². The average Bonchev–Trinajstić information content (AvgIpc) is 2.31. The smallest absolute Gasteiger partial charge is 0.246 e. The van der Waals surface area contributed by atoms with Gasteiger partial charge in [0.05, 0.1) is 0 Å². The Hall–Kier alpha value is -0.790. The molecule has 0 heterocycles. The zero-order chi connectivity index (χ0) is 13.3. The minimum absolute atomic E-state index is 0.0155. The van der Waals surface area contributed by atoms with Crippen molar-refractivity contribution in [3.63, 3.8) is 0 Å². The summed E-state index contributed by atoms with van der Waals surface area (Å²) in [4.78, 5) is 11.5. The molecule has 0 saturated heterocycles. The van der Waals surface area contributed by atoms with Crippen LogP contribution in [0.5, 0.6) is 0 Å². The summed E-state index contributed by atoms with van der Waals surface area (Å²) in [6.07, 6.45) is 7.46. The van der Waals surface area contributed by atoms with Gasteiger partial charge in [0.25, 0.3) is 0 Å². The second-order valence-corrected chi connectivity index (χ2v) is 5.44. The maximum atomic E-state index is 11.5. The van der Waals surface area contributed by atoms with Crippen molar-refractivity contribution >= 4 is 5.91 Å². The van der Waals surface area contributed by atoms with E-state index in [4.69, 9.17) is 0 Å². The first kappa shape index (κ1) is 16.2. The number of amides is 1. The Balaban J connectivity index is 4.00. The highest BCUT2D eigenvalue weighted by atomic mass is 16.1. The minimum Gasteiger partial charge on any atom is -0.352 e. The van der Waals surface area contributed by atoms with Crippen molar-refractivity contribution in [2.24, 2.45) is 5.41 Å². The van der Waals surface area contributed by atoms with Crippen LogP contribution in [0.2, 0.25) is 0 Å². The van der Waals surface area contributed by atoms with Gasteiger partial charge in [-0.25, -0.2) is 0 Å². The van der Waals surface area contributed by atoms with Crippen molar-refractivity contribution in [2.75, 3.05) is 6.54 Å². The Morgan fingerprint density at radius 1 is 1.24 bits per heavy atom. The van der Waals surface area contributed by atoms with Crippen LogP contribution in [0.4, 0.5) is 0 Å². The number of unbranched alkanes of at least 4 members (excludes halogenated alkanes) is 3. The largest absolute Gasteiger partial charge is 0.352 e. The molecule has 0 aromatic heterocycles. The van der Waals surface area contributed by atoms with Crippen LogP contribution >= 0.6 is 0 Å². The van der Waals surface area contributed by atoms with E-state index in [0.29, 0.717) is 5.57 Å². The predicted octanol–water partition coefficient (Wildman–Crippen LogP) is 4.07. The van der Waals surface area contributed by atoms with Crippen molar-refractivity contribution in [1.29, 1.82) is 0 Å². The van der Waals surface area contributed by atoms with Crippen LogP contribution in [-0.2, 0) is 4.79 Å². The molecule has 0 aliphatic carbocycles. The maximum Gasteiger partial charge on any atom is 0.246 e. The van der Waals surface area contributed by atoms with Gasteiger partial charge < -0.3 is 5.32 Å².